The summed E-state index contributed by atoms with van der Waals surface area (Å²) in [5, 5.41) is 14.0. The predicted molar refractivity (Wildman–Crippen MR) is 132 cm³/mol. The first kappa shape index (κ1) is 26.7. The summed E-state index contributed by atoms with van der Waals surface area (Å²) in [7, 11) is -3.53. The number of fused-ring (bicyclic) bond motifs is 1. The SMILES string of the molecule is CCS(=O)(=O)c1cccc(C(=O)N2[C@@H](C(=O)NC(c3ccc(C(F)(F)F)cc3)C3(O)CCC3)C[C@H]3C[C@H]32)c1. The molecule has 3 aliphatic rings. The third-order valence-corrected chi connectivity index (χ3v) is 9.81. The molecule has 4 atom stereocenters. The maximum atomic E-state index is 13.5. The first-order chi connectivity index (χ1) is 17.8. The highest BCUT2D eigenvalue weighted by Crippen LogP contribution is 2.49. The molecule has 1 saturated heterocycles. The summed E-state index contributed by atoms with van der Waals surface area (Å²) < 4.78 is 63.9. The van der Waals surface area contributed by atoms with Gasteiger partial charge in [-0.25, -0.2) is 8.42 Å². The zero-order chi connectivity index (χ0) is 27.5. The smallest absolute Gasteiger partial charge is 0.387 e. The fourth-order valence-corrected chi connectivity index (χ4v) is 6.51. The second-order valence-electron chi connectivity index (χ2n) is 10.5. The Morgan fingerprint density at radius 1 is 1.13 bits per heavy atom. The number of benzene rings is 2. The van der Waals surface area contributed by atoms with Crippen LogP contribution in [0.1, 0.15) is 66.6 Å². The minimum atomic E-state index is -4.51. The lowest BCUT2D eigenvalue weighted by molar-refractivity contribution is -0.137. The van der Waals surface area contributed by atoms with Crippen molar-refractivity contribution in [1.82, 2.24) is 10.2 Å². The van der Waals surface area contributed by atoms with E-state index >= 15 is 0 Å². The third-order valence-electron chi connectivity index (χ3n) is 8.08. The van der Waals surface area contributed by atoms with Crippen LogP contribution in [0.15, 0.2) is 53.4 Å². The van der Waals surface area contributed by atoms with Gasteiger partial charge >= 0.3 is 6.18 Å². The Bertz CT molecular complexity index is 1360. The summed E-state index contributed by atoms with van der Waals surface area (Å²) in [6.45, 7) is 1.52. The molecular weight excluding hydrogens is 521 g/mol. The van der Waals surface area contributed by atoms with Crippen LogP contribution in [0.5, 0.6) is 0 Å². The largest absolute Gasteiger partial charge is 0.416 e. The third kappa shape index (κ3) is 4.82. The Balaban J connectivity index is 1.39. The molecule has 1 unspecified atom stereocenters. The lowest BCUT2D eigenvalue weighted by atomic mass is 9.72. The molecule has 204 valence electrons. The molecule has 11 heteroatoms. The van der Waals surface area contributed by atoms with E-state index in [1.807, 2.05) is 0 Å². The number of carbonyl (C=O) groups is 2. The van der Waals surface area contributed by atoms with Gasteiger partial charge in [-0.2, -0.15) is 13.2 Å². The number of hydrogen-bond acceptors (Lipinski definition) is 5. The number of nitrogens with zero attached hydrogens (tertiary/aromatic N) is 1. The lowest BCUT2D eigenvalue weighted by Crippen LogP contribution is -2.55. The van der Waals surface area contributed by atoms with Gasteiger partial charge in [-0.05, 0) is 73.9 Å². The molecule has 38 heavy (non-hydrogen) atoms. The van der Waals surface area contributed by atoms with Crippen LogP contribution in [0.3, 0.4) is 0 Å². The van der Waals surface area contributed by atoms with Crippen molar-refractivity contribution in [1.29, 1.82) is 0 Å². The van der Waals surface area contributed by atoms with Crippen LogP contribution >= 0.6 is 0 Å². The first-order valence-electron chi connectivity index (χ1n) is 12.7. The number of piperidine rings is 1. The summed E-state index contributed by atoms with van der Waals surface area (Å²) in [6, 6.07) is 8.24. The van der Waals surface area contributed by atoms with Gasteiger partial charge in [0.2, 0.25) is 5.91 Å². The summed E-state index contributed by atoms with van der Waals surface area (Å²) in [5.74, 6) is -0.906. The van der Waals surface area contributed by atoms with Crippen LogP contribution in [0, 0.1) is 5.92 Å². The molecule has 7 nitrogen and oxygen atoms in total. The van der Waals surface area contributed by atoms with Gasteiger partial charge in [-0.15, -0.1) is 0 Å². The Labute approximate surface area is 218 Å². The Morgan fingerprint density at radius 2 is 1.82 bits per heavy atom. The highest BCUT2D eigenvalue weighted by molar-refractivity contribution is 7.91. The summed E-state index contributed by atoms with van der Waals surface area (Å²) in [5.41, 5.74) is -1.60. The molecule has 3 fully saturated rings. The quantitative estimate of drug-likeness (QED) is 0.545. The van der Waals surface area contributed by atoms with Gasteiger partial charge in [0.05, 0.1) is 27.9 Å². The van der Waals surface area contributed by atoms with Crippen molar-refractivity contribution in [2.24, 2.45) is 5.92 Å². The molecule has 1 heterocycles. The van der Waals surface area contributed by atoms with Crippen molar-refractivity contribution < 1.29 is 36.3 Å². The number of alkyl halides is 3. The van der Waals surface area contributed by atoms with Crippen molar-refractivity contribution in [3.05, 3.63) is 65.2 Å². The normalized spacial score (nSPS) is 24.8. The second-order valence-corrected chi connectivity index (χ2v) is 12.8. The highest BCUT2D eigenvalue weighted by Gasteiger charge is 2.57. The maximum Gasteiger partial charge on any atom is 0.416 e. The van der Waals surface area contributed by atoms with Crippen molar-refractivity contribution in [3.8, 4) is 0 Å². The minimum absolute atomic E-state index is 0.0352. The van der Waals surface area contributed by atoms with E-state index in [0.717, 1.165) is 25.0 Å². The van der Waals surface area contributed by atoms with Gasteiger partial charge in [-0.1, -0.05) is 25.1 Å². The molecule has 0 aromatic heterocycles. The van der Waals surface area contributed by atoms with Crippen LogP contribution in [0.25, 0.3) is 0 Å². The summed E-state index contributed by atoms with van der Waals surface area (Å²) in [4.78, 5) is 28.6. The number of rotatable bonds is 7. The van der Waals surface area contributed by atoms with E-state index in [4.69, 9.17) is 0 Å². The van der Waals surface area contributed by atoms with E-state index in [9.17, 15) is 36.3 Å². The maximum absolute atomic E-state index is 13.5. The molecule has 0 bridgehead atoms. The van der Waals surface area contributed by atoms with Gasteiger partial charge in [0.1, 0.15) is 6.04 Å². The van der Waals surface area contributed by atoms with Crippen molar-refractivity contribution >= 4 is 21.7 Å². The van der Waals surface area contributed by atoms with Gasteiger partial charge < -0.3 is 15.3 Å². The standard InChI is InChI=1S/C27H29F3N2O5S/c1-2-38(36,37)20-6-3-5-17(13-20)25(34)32-21-14-18(21)15-22(32)24(33)31-23(26(35)11-4-12-26)16-7-9-19(10-8-16)27(28,29)30/h3,5-10,13,18,21-23,35H,2,4,11-12,14-15H2,1H3,(H,31,33)/t18-,21-,22-,23?/m1/s1. The van der Waals surface area contributed by atoms with Crippen molar-refractivity contribution in [2.45, 2.75) is 73.8 Å². The van der Waals surface area contributed by atoms with Crippen molar-refractivity contribution in [2.75, 3.05) is 5.75 Å². The zero-order valence-electron chi connectivity index (χ0n) is 20.7. The van der Waals surface area contributed by atoms with Crippen LogP contribution in [-0.2, 0) is 20.8 Å². The average Bonchev–Trinajstić information content (AvgIpc) is 3.54. The molecule has 0 radical (unpaired) electrons. The second kappa shape index (κ2) is 9.37. The number of hydrogen-bond donors (Lipinski definition) is 2. The van der Waals surface area contributed by atoms with Crippen LogP contribution in [0.2, 0.25) is 0 Å². The molecule has 2 aromatic carbocycles. The Hall–Kier alpha value is -2.92. The fourth-order valence-electron chi connectivity index (χ4n) is 5.58. The van der Waals surface area contributed by atoms with E-state index in [-0.39, 0.29) is 28.2 Å². The van der Waals surface area contributed by atoms with Gasteiger partial charge in [0.15, 0.2) is 9.84 Å². The monoisotopic (exact) mass is 550 g/mol. The van der Waals surface area contributed by atoms with E-state index in [1.54, 1.807) is 0 Å². The molecule has 5 rings (SSSR count). The molecule has 1 aliphatic heterocycles. The van der Waals surface area contributed by atoms with E-state index in [0.29, 0.717) is 24.8 Å². The Morgan fingerprint density at radius 3 is 2.39 bits per heavy atom. The lowest BCUT2D eigenvalue weighted by Gasteiger charge is -2.44. The van der Waals surface area contributed by atoms with Crippen LogP contribution < -0.4 is 5.32 Å². The van der Waals surface area contributed by atoms with E-state index in [2.05, 4.69) is 5.32 Å². The van der Waals surface area contributed by atoms with Gasteiger partial charge in [0.25, 0.3) is 5.91 Å². The molecule has 2 amide bonds. The van der Waals surface area contributed by atoms with E-state index in [1.165, 1.54) is 48.2 Å². The highest BCUT2D eigenvalue weighted by atomic mass is 32.2. The van der Waals surface area contributed by atoms with E-state index < -0.39 is 51.1 Å². The molecular formula is C27H29F3N2O5S. The van der Waals surface area contributed by atoms with Gasteiger partial charge in [0, 0.05) is 11.6 Å². The number of halogens is 3. The molecule has 2 N–H and O–H groups in total. The number of carbonyl (C=O) groups excluding carboxylic acids is 2. The number of nitrogens with one attached hydrogen (secondary N) is 1. The Kier molecular flexibility index (Phi) is 6.58. The minimum Gasteiger partial charge on any atom is -0.387 e. The van der Waals surface area contributed by atoms with Crippen LogP contribution in [-0.4, -0.2) is 53.7 Å². The molecule has 2 aromatic rings. The predicted octanol–water partition coefficient (Wildman–Crippen LogP) is 3.87. The van der Waals surface area contributed by atoms with Crippen LogP contribution in [0.4, 0.5) is 13.2 Å². The molecule has 2 aliphatic carbocycles. The zero-order valence-corrected chi connectivity index (χ0v) is 21.6. The fraction of sp³-hybridized carbons (Fsp3) is 0.481. The summed E-state index contributed by atoms with van der Waals surface area (Å²) in [6.07, 6.45) is -1.85. The molecule has 2 saturated carbocycles. The number of likely N-dealkylation sites (tertiary alicyclic amines) is 1. The van der Waals surface area contributed by atoms with Gasteiger partial charge in [-0.3, -0.25) is 9.59 Å². The summed E-state index contributed by atoms with van der Waals surface area (Å²) >= 11 is 0. The van der Waals surface area contributed by atoms with Crippen molar-refractivity contribution in [3.63, 3.8) is 0 Å². The molecule has 0 spiro atoms. The topological polar surface area (TPSA) is 104 Å². The average molecular weight is 551 g/mol. The number of sulfone groups is 1. The number of aliphatic hydroxyl groups is 1. The number of amides is 2. The first-order valence-corrected chi connectivity index (χ1v) is 14.3.